The number of fused-ring (bicyclic) bond motifs is 5. The predicted molar refractivity (Wildman–Crippen MR) is 112 cm³/mol. The standard InChI is InChI=1S/C23H19BrN2O3/c24-18-9-5-14(6-10-18)13-29-19-4-2-1-3-17(19)12-25-26-22(27)20-15-7-8-16(11-15)21(20)23(26)28/h1-10,12,15-16,20-21H,11,13H2/b25-12-/t15-,16-,20+,21+/m0/s1. The number of hydrogen-bond donors (Lipinski definition) is 0. The fraction of sp³-hybridized carbons (Fsp3) is 0.261. The van der Waals surface area contributed by atoms with E-state index in [4.69, 9.17) is 4.74 Å². The average Bonchev–Trinajstić information content (AvgIpc) is 3.41. The number of ether oxygens (including phenoxy) is 1. The Morgan fingerprint density at radius 1 is 1.00 bits per heavy atom. The van der Waals surface area contributed by atoms with Crippen LogP contribution in [0, 0.1) is 23.7 Å². The summed E-state index contributed by atoms with van der Waals surface area (Å²) in [5, 5.41) is 5.32. The second-order valence-electron chi connectivity index (χ2n) is 7.69. The molecular formula is C23H19BrN2O3. The summed E-state index contributed by atoms with van der Waals surface area (Å²) < 4.78 is 6.96. The Bertz CT molecular complexity index is 1000. The molecule has 0 spiro atoms. The van der Waals surface area contributed by atoms with Gasteiger partial charge < -0.3 is 4.74 Å². The Morgan fingerprint density at radius 3 is 2.34 bits per heavy atom. The molecule has 0 aromatic heterocycles. The number of carbonyl (C=O) groups excluding carboxylic acids is 2. The van der Waals surface area contributed by atoms with Crippen LogP contribution in [0.4, 0.5) is 0 Å². The van der Waals surface area contributed by atoms with Gasteiger partial charge in [0, 0.05) is 10.0 Å². The minimum absolute atomic E-state index is 0.179. The molecule has 1 heterocycles. The van der Waals surface area contributed by atoms with Gasteiger partial charge in [-0.25, -0.2) is 0 Å². The summed E-state index contributed by atoms with van der Waals surface area (Å²) in [6.45, 7) is 0.416. The van der Waals surface area contributed by atoms with E-state index in [-0.39, 0.29) is 35.5 Å². The lowest BCUT2D eigenvalue weighted by molar-refractivity contribution is -0.140. The first kappa shape index (κ1) is 18.3. The number of halogens is 1. The predicted octanol–water partition coefficient (Wildman–Crippen LogP) is 4.17. The molecule has 3 aliphatic rings. The molecule has 2 amide bonds. The molecule has 5 nitrogen and oxygen atoms in total. The molecule has 0 N–H and O–H groups in total. The molecule has 1 saturated heterocycles. The van der Waals surface area contributed by atoms with E-state index in [1.807, 2.05) is 48.5 Å². The van der Waals surface area contributed by atoms with E-state index in [1.165, 1.54) is 0 Å². The molecular weight excluding hydrogens is 432 g/mol. The van der Waals surface area contributed by atoms with Gasteiger partial charge in [-0.1, -0.05) is 52.3 Å². The molecule has 0 unspecified atom stereocenters. The van der Waals surface area contributed by atoms with Crippen LogP contribution in [-0.2, 0) is 16.2 Å². The van der Waals surface area contributed by atoms with Crippen LogP contribution in [0.15, 0.2) is 70.3 Å². The maximum absolute atomic E-state index is 12.8. The van der Waals surface area contributed by atoms with Gasteiger partial charge in [-0.05, 0) is 48.1 Å². The van der Waals surface area contributed by atoms with Crippen LogP contribution in [0.2, 0.25) is 0 Å². The van der Waals surface area contributed by atoms with Gasteiger partial charge in [0.1, 0.15) is 12.4 Å². The third kappa shape index (κ3) is 3.21. The summed E-state index contributed by atoms with van der Waals surface area (Å²) in [4.78, 5) is 25.5. The largest absolute Gasteiger partial charge is 0.488 e. The Balaban J connectivity index is 1.32. The highest BCUT2D eigenvalue weighted by Crippen LogP contribution is 2.52. The first-order valence-corrected chi connectivity index (χ1v) is 10.5. The van der Waals surface area contributed by atoms with Crippen molar-refractivity contribution in [3.8, 4) is 5.75 Å². The number of hydrazone groups is 1. The molecule has 2 aromatic carbocycles. The van der Waals surface area contributed by atoms with Crippen molar-refractivity contribution in [1.82, 2.24) is 5.01 Å². The lowest BCUT2D eigenvalue weighted by Crippen LogP contribution is -2.28. The first-order valence-electron chi connectivity index (χ1n) is 9.68. The van der Waals surface area contributed by atoms with Crippen LogP contribution in [0.25, 0.3) is 0 Å². The van der Waals surface area contributed by atoms with Crippen molar-refractivity contribution in [1.29, 1.82) is 0 Å². The van der Waals surface area contributed by atoms with E-state index in [9.17, 15) is 9.59 Å². The molecule has 2 aromatic rings. The van der Waals surface area contributed by atoms with Gasteiger partial charge in [0.15, 0.2) is 0 Å². The SMILES string of the molecule is O=C1[C@H]2[C@H](C(=O)N1/N=C\c1ccccc1OCc1ccc(Br)cc1)[C@H]1C=C[C@H]2C1. The number of hydrogen-bond acceptors (Lipinski definition) is 4. The van der Waals surface area contributed by atoms with Crippen molar-refractivity contribution >= 4 is 34.0 Å². The number of para-hydroxylation sites is 1. The van der Waals surface area contributed by atoms with E-state index in [1.54, 1.807) is 6.21 Å². The van der Waals surface area contributed by atoms with Crippen molar-refractivity contribution in [3.63, 3.8) is 0 Å². The summed E-state index contributed by atoms with van der Waals surface area (Å²) >= 11 is 3.42. The Labute approximate surface area is 177 Å². The molecule has 0 radical (unpaired) electrons. The quantitative estimate of drug-likeness (QED) is 0.390. The smallest absolute Gasteiger partial charge is 0.254 e. The monoisotopic (exact) mass is 450 g/mol. The molecule has 2 aliphatic carbocycles. The average molecular weight is 451 g/mol. The third-order valence-corrected chi connectivity index (χ3v) is 6.51. The number of amides is 2. The topological polar surface area (TPSA) is 59.0 Å². The number of imide groups is 1. The number of benzene rings is 2. The number of rotatable bonds is 5. The zero-order valence-electron chi connectivity index (χ0n) is 15.6. The Morgan fingerprint density at radius 2 is 1.66 bits per heavy atom. The molecule has 29 heavy (non-hydrogen) atoms. The van der Waals surface area contributed by atoms with Gasteiger partial charge in [-0.2, -0.15) is 10.1 Å². The lowest BCUT2D eigenvalue weighted by Gasteiger charge is -2.13. The van der Waals surface area contributed by atoms with Gasteiger partial charge in [0.05, 0.1) is 18.1 Å². The van der Waals surface area contributed by atoms with Crippen LogP contribution in [0.3, 0.4) is 0 Å². The number of allylic oxidation sites excluding steroid dienone is 2. The Hall–Kier alpha value is -2.73. The van der Waals surface area contributed by atoms with Crippen LogP contribution < -0.4 is 4.74 Å². The van der Waals surface area contributed by atoms with Crippen molar-refractivity contribution in [3.05, 3.63) is 76.3 Å². The van der Waals surface area contributed by atoms with E-state index >= 15 is 0 Å². The molecule has 1 aliphatic heterocycles. The normalized spacial score (nSPS) is 27.3. The second kappa shape index (κ2) is 7.26. The van der Waals surface area contributed by atoms with Crippen LogP contribution in [0.5, 0.6) is 5.75 Å². The number of carbonyl (C=O) groups is 2. The van der Waals surface area contributed by atoms with Crippen LogP contribution in [0.1, 0.15) is 17.5 Å². The van der Waals surface area contributed by atoms with Gasteiger partial charge in [0.25, 0.3) is 11.8 Å². The molecule has 2 fully saturated rings. The van der Waals surface area contributed by atoms with Crippen molar-refractivity contribution in [2.75, 3.05) is 0 Å². The summed E-state index contributed by atoms with van der Waals surface area (Å²) in [5.41, 5.74) is 1.77. The van der Waals surface area contributed by atoms with E-state index in [2.05, 4.69) is 33.2 Å². The number of nitrogens with zero attached hydrogens (tertiary/aromatic N) is 2. The van der Waals surface area contributed by atoms with Gasteiger partial charge in [-0.15, -0.1) is 0 Å². The molecule has 2 bridgehead atoms. The van der Waals surface area contributed by atoms with Crippen molar-refractivity contribution < 1.29 is 14.3 Å². The minimum atomic E-state index is -0.237. The highest BCUT2D eigenvalue weighted by molar-refractivity contribution is 9.10. The molecule has 5 rings (SSSR count). The Kier molecular flexibility index (Phi) is 4.59. The fourth-order valence-electron chi connectivity index (χ4n) is 4.58. The van der Waals surface area contributed by atoms with Gasteiger partial charge in [0.2, 0.25) is 0 Å². The molecule has 4 atom stereocenters. The maximum atomic E-state index is 12.8. The van der Waals surface area contributed by atoms with Gasteiger partial charge in [-0.3, -0.25) is 9.59 Å². The van der Waals surface area contributed by atoms with Crippen LogP contribution >= 0.6 is 15.9 Å². The van der Waals surface area contributed by atoms with Gasteiger partial charge >= 0.3 is 0 Å². The molecule has 6 heteroatoms. The zero-order chi connectivity index (χ0) is 20.0. The molecule has 1 saturated carbocycles. The third-order valence-electron chi connectivity index (χ3n) is 5.99. The highest BCUT2D eigenvalue weighted by atomic mass is 79.9. The van der Waals surface area contributed by atoms with Crippen LogP contribution in [-0.4, -0.2) is 23.0 Å². The minimum Gasteiger partial charge on any atom is -0.488 e. The zero-order valence-corrected chi connectivity index (χ0v) is 17.2. The van der Waals surface area contributed by atoms with Crippen molar-refractivity contribution in [2.45, 2.75) is 13.0 Å². The fourth-order valence-corrected chi connectivity index (χ4v) is 4.85. The van der Waals surface area contributed by atoms with E-state index in [0.717, 1.165) is 27.0 Å². The summed E-state index contributed by atoms with van der Waals surface area (Å²) in [6, 6.07) is 15.4. The summed E-state index contributed by atoms with van der Waals surface area (Å²) in [5.74, 6) is 0.186. The van der Waals surface area contributed by atoms with Crippen molar-refractivity contribution in [2.24, 2.45) is 28.8 Å². The van der Waals surface area contributed by atoms with E-state index < -0.39 is 0 Å². The lowest BCUT2D eigenvalue weighted by atomic mass is 9.85. The summed E-state index contributed by atoms with van der Waals surface area (Å²) in [6.07, 6.45) is 6.62. The highest BCUT2D eigenvalue weighted by Gasteiger charge is 2.59. The molecule has 146 valence electrons. The van der Waals surface area contributed by atoms with E-state index in [0.29, 0.717) is 12.4 Å². The second-order valence-corrected chi connectivity index (χ2v) is 8.60. The first-order chi connectivity index (χ1) is 14.1. The maximum Gasteiger partial charge on any atom is 0.254 e. The summed E-state index contributed by atoms with van der Waals surface area (Å²) in [7, 11) is 0.